The van der Waals surface area contributed by atoms with Crippen LogP contribution in [-0.2, 0) is 6.42 Å². The van der Waals surface area contributed by atoms with Crippen molar-refractivity contribution in [2.75, 3.05) is 25.5 Å². The van der Waals surface area contributed by atoms with Gasteiger partial charge in [-0.25, -0.2) is 15.0 Å². The van der Waals surface area contributed by atoms with Crippen LogP contribution in [0.1, 0.15) is 41.0 Å². The molecule has 0 aromatic carbocycles. The molecule has 0 spiro atoms. The maximum atomic E-state index is 12.7. The van der Waals surface area contributed by atoms with E-state index in [4.69, 9.17) is 0 Å². The smallest absolute Gasteiger partial charge is 0.257 e. The maximum absolute atomic E-state index is 12.7. The molecule has 1 aliphatic heterocycles. The van der Waals surface area contributed by atoms with E-state index in [1.165, 1.54) is 6.33 Å². The monoisotopic (exact) mass is 340 g/mol. The molecule has 1 amide bonds. The fourth-order valence-electron chi connectivity index (χ4n) is 3.23. The fraction of sp³-hybridized carbons (Fsp3) is 0.500. The summed E-state index contributed by atoms with van der Waals surface area (Å²) in [5.41, 5.74) is 2.35. The zero-order valence-corrected chi connectivity index (χ0v) is 14.8. The van der Waals surface area contributed by atoms with Gasteiger partial charge in [0.15, 0.2) is 0 Å². The zero-order valence-electron chi connectivity index (χ0n) is 14.8. The fourth-order valence-corrected chi connectivity index (χ4v) is 3.23. The van der Waals surface area contributed by atoms with Crippen LogP contribution in [0.5, 0.6) is 0 Å². The third-order valence-electron chi connectivity index (χ3n) is 4.74. The molecule has 3 rings (SSSR count). The molecular formula is C18H24N6O. The summed E-state index contributed by atoms with van der Waals surface area (Å²) in [6.45, 7) is 3.40. The lowest BCUT2D eigenvalue weighted by atomic mass is 9.95. The van der Waals surface area contributed by atoms with Gasteiger partial charge in [0.05, 0.1) is 29.3 Å². The van der Waals surface area contributed by atoms with Gasteiger partial charge in [-0.1, -0.05) is 0 Å². The van der Waals surface area contributed by atoms with E-state index in [0.29, 0.717) is 11.5 Å². The van der Waals surface area contributed by atoms with E-state index in [9.17, 15) is 4.79 Å². The molecule has 1 atom stereocenters. The van der Waals surface area contributed by atoms with Gasteiger partial charge in [0.2, 0.25) is 0 Å². The number of anilines is 1. The van der Waals surface area contributed by atoms with Gasteiger partial charge >= 0.3 is 0 Å². The van der Waals surface area contributed by atoms with Crippen molar-refractivity contribution in [3.05, 3.63) is 41.9 Å². The first kappa shape index (κ1) is 17.3. The Balaban J connectivity index is 1.60. The van der Waals surface area contributed by atoms with Gasteiger partial charge in [-0.3, -0.25) is 9.78 Å². The zero-order chi connectivity index (χ0) is 17.6. The number of rotatable bonds is 4. The molecular weight excluding hydrogens is 316 g/mol. The molecule has 25 heavy (non-hydrogen) atoms. The van der Waals surface area contributed by atoms with Crippen LogP contribution in [0.3, 0.4) is 0 Å². The molecule has 2 aromatic rings. The Bertz CT molecular complexity index is 718. The first-order valence-electron chi connectivity index (χ1n) is 8.72. The lowest BCUT2D eigenvalue weighted by Gasteiger charge is -2.21. The Kier molecular flexibility index (Phi) is 5.53. The third kappa shape index (κ3) is 4.29. The van der Waals surface area contributed by atoms with E-state index in [-0.39, 0.29) is 5.91 Å². The molecule has 0 aliphatic carbocycles. The quantitative estimate of drug-likeness (QED) is 0.917. The lowest BCUT2D eigenvalue weighted by molar-refractivity contribution is 0.0758. The highest BCUT2D eigenvalue weighted by molar-refractivity contribution is 5.94. The molecule has 1 unspecified atom stereocenters. The molecule has 1 fully saturated rings. The van der Waals surface area contributed by atoms with Crippen molar-refractivity contribution < 1.29 is 4.79 Å². The summed E-state index contributed by atoms with van der Waals surface area (Å²) in [5, 5.41) is 2.98. The van der Waals surface area contributed by atoms with Crippen molar-refractivity contribution in [1.82, 2.24) is 24.8 Å². The summed E-state index contributed by atoms with van der Waals surface area (Å²) in [5.74, 6) is 1.35. The molecule has 1 aliphatic rings. The Morgan fingerprint density at radius 1 is 1.20 bits per heavy atom. The summed E-state index contributed by atoms with van der Waals surface area (Å²) in [6.07, 6.45) is 10.7. The number of aryl methyl sites for hydroxylation is 1. The average molecular weight is 340 g/mol. The summed E-state index contributed by atoms with van der Waals surface area (Å²) in [4.78, 5) is 31.6. The first-order chi connectivity index (χ1) is 12.2. The van der Waals surface area contributed by atoms with Crippen LogP contribution in [0.15, 0.2) is 24.9 Å². The van der Waals surface area contributed by atoms with E-state index in [1.54, 1.807) is 12.4 Å². The number of hydrogen-bond donors (Lipinski definition) is 1. The summed E-state index contributed by atoms with van der Waals surface area (Å²) < 4.78 is 0. The molecule has 132 valence electrons. The van der Waals surface area contributed by atoms with Gasteiger partial charge in [0.25, 0.3) is 5.91 Å². The molecule has 0 saturated carbocycles. The number of likely N-dealkylation sites (tertiary alicyclic amines) is 1. The minimum Gasteiger partial charge on any atom is -0.372 e. The van der Waals surface area contributed by atoms with Crippen LogP contribution in [-0.4, -0.2) is 50.9 Å². The van der Waals surface area contributed by atoms with Gasteiger partial charge in [-0.05, 0) is 38.5 Å². The second kappa shape index (κ2) is 8.00. The molecule has 7 heteroatoms. The Labute approximate surface area is 147 Å². The van der Waals surface area contributed by atoms with E-state index in [1.807, 2.05) is 25.1 Å². The number of carbonyl (C=O) groups is 1. The molecule has 3 heterocycles. The molecule has 2 aromatic heterocycles. The topological polar surface area (TPSA) is 83.9 Å². The van der Waals surface area contributed by atoms with Crippen molar-refractivity contribution in [2.45, 2.75) is 32.6 Å². The van der Waals surface area contributed by atoms with Gasteiger partial charge < -0.3 is 10.2 Å². The largest absolute Gasteiger partial charge is 0.372 e. The van der Waals surface area contributed by atoms with Crippen molar-refractivity contribution in [2.24, 2.45) is 5.92 Å². The lowest BCUT2D eigenvalue weighted by Crippen LogP contribution is -2.32. The highest BCUT2D eigenvalue weighted by Crippen LogP contribution is 2.22. The Morgan fingerprint density at radius 2 is 2.08 bits per heavy atom. The van der Waals surface area contributed by atoms with E-state index in [2.05, 4.69) is 25.3 Å². The van der Waals surface area contributed by atoms with Gasteiger partial charge in [0.1, 0.15) is 12.1 Å². The van der Waals surface area contributed by atoms with Gasteiger partial charge in [-0.2, -0.15) is 0 Å². The second-order valence-electron chi connectivity index (χ2n) is 6.46. The van der Waals surface area contributed by atoms with Crippen molar-refractivity contribution in [1.29, 1.82) is 0 Å². The van der Waals surface area contributed by atoms with Crippen molar-refractivity contribution >= 4 is 11.7 Å². The van der Waals surface area contributed by atoms with E-state index in [0.717, 1.165) is 56.0 Å². The van der Waals surface area contributed by atoms with E-state index < -0.39 is 0 Å². The average Bonchev–Trinajstić information content (AvgIpc) is 2.88. The predicted octanol–water partition coefficient (Wildman–Crippen LogP) is 2.10. The molecule has 7 nitrogen and oxygen atoms in total. The SMILES string of the molecule is CNc1cnc(CC2CCCN(C(=O)c3cncnc3C)CC2)cn1. The minimum atomic E-state index is 0.0388. The Hall–Kier alpha value is -2.57. The summed E-state index contributed by atoms with van der Waals surface area (Å²) in [7, 11) is 1.83. The molecule has 0 radical (unpaired) electrons. The summed E-state index contributed by atoms with van der Waals surface area (Å²) >= 11 is 0. The van der Waals surface area contributed by atoms with Gasteiger partial charge in [0, 0.05) is 26.3 Å². The van der Waals surface area contributed by atoms with Crippen LogP contribution in [0.4, 0.5) is 5.82 Å². The highest BCUT2D eigenvalue weighted by atomic mass is 16.2. The minimum absolute atomic E-state index is 0.0388. The highest BCUT2D eigenvalue weighted by Gasteiger charge is 2.23. The number of hydrogen-bond acceptors (Lipinski definition) is 6. The van der Waals surface area contributed by atoms with Crippen LogP contribution >= 0.6 is 0 Å². The maximum Gasteiger partial charge on any atom is 0.257 e. The van der Waals surface area contributed by atoms with Crippen LogP contribution in [0, 0.1) is 12.8 Å². The normalized spacial score (nSPS) is 17.8. The second-order valence-corrected chi connectivity index (χ2v) is 6.46. The third-order valence-corrected chi connectivity index (χ3v) is 4.74. The van der Waals surface area contributed by atoms with Crippen LogP contribution in [0.25, 0.3) is 0 Å². The molecule has 0 bridgehead atoms. The number of amides is 1. The standard InChI is InChI=1S/C18H24N6O/c1-13-16(10-20-12-23-13)18(25)24-6-3-4-14(5-7-24)8-15-9-22-17(19-2)11-21-15/h9-12,14H,3-8H2,1-2H3,(H,19,22). The van der Waals surface area contributed by atoms with Crippen LogP contribution < -0.4 is 5.32 Å². The first-order valence-corrected chi connectivity index (χ1v) is 8.72. The van der Waals surface area contributed by atoms with Crippen molar-refractivity contribution in [3.8, 4) is 0 Å². The number of nitrogens with one attached hydrogen (secondary N) is 1. The number of aromatic nitrogens is 4. The molecule has 1 N–H and O–H groups in total. The van der Waals surface area contributed by atoms with Crippen molar-refractivity contribution in [3.63, 3.8) is 0 Å². The van der Waals surface area contributed by atoms with E-state index >= 15 is 0 Å². The number of carbonyl (C=O) groups excluding carboxylic acids is 1. The number of nitrogens with zero attached hydrogens (tertiary/aromatic N) is 5. The van der Waals surface area contributed by atoms with Crippen LogP contribution in [0.2, 0.25) is 0 Å². The molecule has 1 saturated heterocycles. The Morgan fingerprint density at radius 3 is 2.80 bits per heavy atom. The van der Waals surface area contributed by atoms with Gasteiger partial charge in [-0.15, -0.1) is 0 Å². The predicted molar refractivity (Wildman–Crippen MR) is 95.3 cm³/mol. The summed E-state index contributed by atoms with van der Waals surface area (Å²) in [6, 6.07) is 0.